The van der Waals surface area contributed by atoms with E-state index in [1.54, 1.807) is 0 Å². The summed E-state index contributed by atoms with van der Waals surface area (Å²) in [4.78, 5) is 20.8. The number of H-pyrrole nitrogens is 1. The lowest BCUT2D eigenvalue weighted by Crippen LogP contribution is -2.64. The van der Waals surface area contributed by atoms with Crippen molar-refractivity contribution >= 4 is 5.91 Å². The number of aromatic amines is 1. The Balaban J connectivity index is 1.54. The second-order valence-corrected chi connectivity index (χ2v) is 5.85. The third kappa shape index (κ3) is 2.55. The van der Waals surface area contributed by atoms with Crippen LogP contribution in [-0.4, -0.2) is 76.2 Å². The molecule has 1 aromatic heterocycles. The first-order valence-corrected chi connectivity index (χ1v) is 7.31. The predicted molar refractivity (Wildman–Crippen MR) is 74.6 cm³/mol. The number of piperazine rings is 1. The predicted octanol–water partition coefficient (Wildman–Crippen LogP) is -0.342. The molecule has 0 radical (unpaired) electrons. The van der Waals surface area contributed by atoms with Crippen LogP contribution in [-0.2, 0) is 0 Å². The highest BCUT2D eigenvalue weighted by Gasteiger charge is 2.36. The molecule has 2 fully saturated rings. The average Bonchev–Trinajstić information content (AvgIpc) is 2.88. The Bertz CT molecular complexity index is 473. The SMILES string of the molecule is CC(C)c1nc(C(=O)N2CC(N3CCNCC3)C2)n[nH]1. The molecule has 0 saturated carbocycles. The lowest BCUT2D eigenvalue weighted by Gasteiger charge is -2.46. The Kier molecular flexibility index (Phi) is 3.71. The molecule has 2 N–H and O–H groups in total. The number of likely N-dealkylation sites (tertiary alicyclic amines) is 1. The van der Waals surface area contributed by atoms with Gasteiger partial charge in [0, 0.05) is 51.2 Å². The van der Waals surface area contributed by atoms with Gasteiger partial charge in [0.05, 0.1) is 0 Å². The molecule has 7 heteroatoms. The van der Waals surface area contributed by atoms with Gasteiger partial charge in [-0.05, 0) is 0 Å². The molecular weight excluding hydrogens is 256 g/mol. The first kappa shape index (κ1) is 13.5. The van der Waals surface area contributed by atoms with Gasteiger partial charge in [0.1, 0.15) is 5.82 Å². The lowest BCUT2D eigenvalue weighted by atomic mass is 10.1. The molecule has 2 aliphatic rings. The normalized spacial score (nSPS) is 21.2. The fourth-order valence-corrected chi connectivity index (χ4v) is 2.67. The number of nitrogens with one attached hydrogen (secondary N) is 2. The zero-order chi connectivity index (χ0) is 14.1. The molecule has 3 heterocycles. The van der Waals surface area contributed by atoms with E-state index in [1.807, 2.05) is 18.7 Å². The molecule has 1 amide bonds. The highest BCUT2D eigenvalue weighted by Crippen LogP contribution is 2.18. The molecule has 2 saturated heterocycles. The van der Waals surface area contributed by atoms with E-state index in [9.17, 15) is 4.79 Å². The second kappa shape index (κ2) is 5.49. The molecule has 0 aromatic carbocycles. The summed E-state index contributed by atoms with van der Waals surface area (Å²) in [7, 11) is 0. The van der Waals surface area contributed by atoms with E-state index in [1.165, 1.54) is 0 Å². The second-order valence-electron chi connectivity index (χ2n) is 5.85. The van der Waals surface area contributed by atoms with Crippen molar-refractivity contribution < 1.29 is 4.79 Å². The summed E-state index contributed by atoms with van der Waals surface area (Å²) >= 11 is 0. The van der Waals surface area contributed by atoms with Crippen LogP contribution in [0.25, 0.3) is 0 Å². The average molecular weight is 278 g/mol. The maximum atomic E-state index is 12.2. The Labute approximate surface area is 118 Å². The fraction of sp³-hybridized carbons (Fsp3) is 0.769. The zero-order valence-corrected chi connectivity index (χ0v) is 12.1. The molecule has 2 aliphatic heterocycles. The Hall–Kier alpha value is -1.47. The molecule has 7 nitrogen and oxygen atoms in total. The summed E-state index contributed by atoms with van der Waals surface area (Å²) in [6.45, 7) is 9.88. The quantitative estimate of drug-likeness (QED) is 0.791. The van der Waals surface area contributed by atoms with Crippen molar-refractivity contribution in [1.29, 1.82) is 0 Å². The van der Waals surface area contributed by atoms with Gasteiger partial charge in [-0.2, -0.15) is 0 Å². The van der Waals surface area contributed by atoms with Crippen LogP contribution < -0.4 is 5.32 Å². The van der Waals surface area contributed by atoms with Gasteiger partial charge < -0.3 is 10.2 Å². The van der Waals surface area contributed by atoms with Gasteiger partial charge in [0.2, 0.25) is 5.82 Å². The fourth-order valence-electron chi connectivity index (χ4n) is 2.67. The highest BCUT2D eigenvalue weighted by atomic mass is 16.2. The summed E-state index contributed by atoms with van der Waals surface area (Å²) in [5.41, 5.74) is 0. The smallest absolute Gasteiger partial charge is 0.293 e. The van der Waals surface area contributed by atoms with Crippen LogP contribution in [0.2, 0.25) is 0 Å². The highest BCUT2D eigenvalue weighted by molar-refractivity contribution is 5.91. The molecule has 0 unspecified atom stereocenters. The summed E-state index contributed by atoms with van der Waals surface area (Å²) < 4.78 is 0. The van der Waals surface area contributed by atoms with Crippen molar-refractivity contribution in [3.63, 3.8) is 0 Å². The molecule has 0 spiro atoms. The van der Waals surface area contributed by atoms with Crippen LogP contribution in [0.5, 0.6) is 0 Å². The largest absolute Gasteiger partial charge is 0.333 e. The summed E-state index contributed by atoms with van der Waals surface area (Å²) in [6.07, 6.45) is 0. The minimum Gasteiger partial charge on any atom is -0.333 e. The number of carbonyl (C=O) groups excluding carboxylic acids is 1. The Morgan fingerprint density at radius 1 is 1.30 bits per heavy atom. The van der Waals surface area contributed by atoms with Gasteiger partial charge in [0.15, 0.2) is 0 Å². The van der Waals surface area contributed by atoms with Crippen molar-refractivity contribution in [3.05, 3.63) is 11.6 Å². The van der Waals surface area contributed by atoms with Gasteiger partial charge >= 0.3 is 0 Å². The van der Waals surface area contributed by atoms with E-state index in [0.29, 0.717) is 11.9 Å². The van der Waals surface area contributed by atoms with E-state index < -0.39 is 0 Å². The van der Waals surface area contributed by atoms with Crippen LogP contribution in [0, 0.1) is 0 Å². The molecule has 20 heavy (non-hydrogen) atoms. The number of aromatic nitrogens is 3. The maximum Gasteiger partial charge on any atom is 0.293 e. The number of rotatable bonds is 3. The van der Waals surface area contributed by atoms with Crippen LogP contribution in [0.3, 0.4) is 0 Å². The first-order chi connectivity index (χ1) is 9.65. The minimum absolute atomic E-state index is 0.0560. The summed E-state index contributed by atoms with van der Waals surface area (Å²) in [5.74, 6) is 1.27. The summed E-state index contributed by atoms with van der Waals surface area (Å²) in [5, 5.41) is 10.2. The number of nitrogens with zero attached hydrogens (tertiary/aromatic N) is 4. The van der Waals surface area contributed by atoms with Crippen LogP contribution in [0.1, 0.15) is 36.2 Å². The topological polar surface area (TPSA) is 77.2 Å². The standard InChI is InChI=1S/C13H22N6O/c1-9(2)11-15-12(17-16-11)13(20)19-7-10(8-19)18-5-3-14-4-6-18/h9-10,14H,3-8H2,1-2H3,(H,15,16,17). The van der Waals surface area contributed by atoms with Gasteiger partial charge in [-0.3, -0.25) is 14.8 Å². The van der Waals surface area contributed by atoms with Crippen LogP contribution >= 0.6 is 0 Å². The molecule has 3 rings (SSSR count). The molecule has 0 aliphatic carbocycles. The van der Waals surface area contributed by atoms with Gasteiger partial charge in [-0.15, -0.1) is 5.10 Å². The van der Waals surface area contributed by atoms with Crippen LogP contribution in [0.15, 0.2) is 0 Å². The third-order valence-electron chi connectivity index (χ3n) is 4.06. The van der Waals surface area contributed by atoms with E-state index in [0.717, 1.165) is 45.1 Å². The minimum atomic E-state index is -0.0560. The number of amides is 1. The molecule has 0 bridgehead atoms. The van der Waals surface area contributed by atoms with Crippen LogP contribution in [0.4, 0.5) is 0 Å². The zero-order valence-electron chi connectivity index (χ0n) is 12.1. The van der Waals surface area contributed by atoms with E-state index in [-0.39, 0.29) is 11.8 Å². The number of hydrogen-bond donors (Lipinski definition) is 2. The van der Waals surface area contributed by atoms with Gasteiger partial charge in [0.25, 0.3) is 5.91 Å². The molecule has 1 aromatic rings. The Morgan fingerprint density at radius 2 is 2.00 bits per heavy atom. The molecule has 110 valence electrons. The third-order valence-corrected chi connectivity index (χ3v) is 4.06. The van der Waals surface area contributed by atoms with Crippen molar-refractivity contribution in [1.82, 2.24) is 30.3 Å². The van der Waals surface area contributed by atoms with E-state index in [2.05, 4.69) is 25.4 Å². The summed E-state index contributed by atoms with van der Waals surface area (Å²) in [6, 6.07) is 0.504. The molecule has 0 atom stereocenters. The number of carbonyl (C=O) groups is 1. The number of hydrogen-bond acceptors (Lipinski definition) is 5. The van der Waals surface area contributed by atoms with Gasteiger partial charge in [-0.25, -0.2) is 4.98 Å². The van der Waals surface area contributed by atoms with Crippen molar-refractivity contribution in [2.24, 2.45) is 0 Å². The monoisotopic (exact) mass is 278 g/mol. The lowest BCUT2D eigenvalue weighted by molar-refractivity contribution is 0.0218. The molecular formula is C13H22N6O. The van der Waals surface area contributed by atoms with E-state index in [4.69, 9.17) is 0 Å². The Morgan fingerprint density at radius 3 is 2.60 bits per heavy atom. The van der Waals surface area contributed by atoms with Crippen molar-refractivity contribution in [2.45, 2.75) is 25.8 Å². The van der Waals surface area contributed by atoms with Crippen molar-refractivity contribution in [3.8, 4) is 0 Å². The van der Waals surface area contributed by atoms with Gasteiger partial charge in [-0.1, -0.05) is 13.8 Å². The maximum absolute atomic E-state index is 12.2. The van der Waals surface area contributed by atoms with E-state index >= 15 is 0 Å². The first-order valence-electron chi connectivity index (χ1n) is 7.31. The van der Waals surface area contributed by atoms with Crippen molar-refractivity contribution in [2.75, 3.05) is 39.3 Å².